The van der Waals surface area contributed by atoms with E-state index in [4.69, 9.17) is 5.73 Å². The SMILES string of the molecule is CNc1c(C)cc(-c2ccc(N)c(C)c2)cc1C. The molecule has 2 aromatic rings. The Morgan fingerprint density at radius 2 is 1.39 bits per heavy atom. The molecule has 94 valence electrons. The number of benzene rings is 2. The molecular weight excluding hydrogens is 220 g/mol. The highest BCUT2D eigenvalue weighted by Gasteiger charge is 2.06. The van der Waals surface area contributed by atoms with Crippen LogP contribution in [0.25, 0.3) is 11.1 Å². The van der Waals surface area contributed by atoms with Crippen LogP contribution in [-0.2, 0) is 0 Å². The molecule has 0 spiro atoms. The Balaban J connectivity index is 2.54. The molecule has 0 amide bonds. The average Bonchev–Trinajstić information content (AvgIpc) is 2.32. The number of hydrogen-bond acceptors (Lipinski definition) is 2. The lowest BCUT2D eigenvalue weighted by molar-refractivity contribution is 1.33. The summed E-state index contributed by atoms with van der Waals surface area (Å²) in [6.07, 6.45) is 0. The van der Waals surface area contributed by atoms with E-state index in [2.05, 4.69) is 43.4 Å². The van der Waals surface area contributed by atoms with E-state index in [1.165, 1.54) is 27.9 Å². The molecule has 2 heteroatoms. The summed E-state index contributed by atoms with van der Waals surface area (Å²) in [5.41, 5.74) is 14.0. The molecule has 0 fully saturated rings. The fourth-order valence-corrected chi connectivity index (χ4v) is 2.38. The second-order valence-electron chi connectivity index (χ2n) is 4.81. The van der Waals surface area contributed by atoms with Gasteiger partial charge in [-0.2, -0.15) is 0 Å². The van der Waals surface area contributed by atoms with Crippen molar-refractivity contribution in [3.05, 3.63) is 47.0 Å². The predicted molar refractivity (Wildman–Crippen MR) is 80.0 cm³/mol. The van der Waals surface area contributed by atoms with Crippen LogP contribution in [0.2, 0.25) is 0 Å². The summed E-state index contributed by atoms with van der Waals surface area (Å²) in [7, 11) is 1.96. The van der Waals surface area contributed by atoms with Gasteiger partial charge in [-0.1, -0.05) is 6.07 Å². The van der Waals surface area contributed by atoms with Crippen LogP contribution in [0.1, 0.15) is 16.7 Å². The molecule has 0 aliphatic rings. The fraction of sp³-hybridized carbons (Fsp3) is 0.250. The van der Waals surface area contributed by atoms with Gasteiger partial charge in [-0.25, -0.2) is 0 Å². The third kappa shape index (κ3) is 2.19. The Labute approximate surface area is 109 Å². The van der Waals surface area contributed by atoms with Crippen molar-refractivity contribution in [3.8, 4) is 11.1 Å². The van der Waals surface area contributed by atoms with Crippen LogP contribution in [0.4, 0.5) is 11.4 Å². The number of hydrogen-bond donors (Lipinski definition) is 2. The highest BCUT2D eigenvalue weighted by Crippen LogP contribution is 2.29. The summed E-state index contributed by atoms with van der Waals surface area (Å²) in [5.74, 6) is 0. The third-order valence-corrected chi connectivity index (χ3v) is 3.39. The summed E-state index contributed by atoms with van der Waals surface area (Å²) in [4.78, 5) is 0. The second kappa shape index (κ2) is 4.73. The Hall–Kier alpha value is -1.96. The van der Waals surface area contributed by atoms with Crippen LogP contribution >= 0.6 is 0 Å². The van der Waals surface area contributed by atoms with Crippen molar-refractivity contribution in [2.24, 2.45) is 0 Å². The van der Waals surface area contributed by atoms with E-state index in [1.54, 1.807) is 0 Å². The molecule has 2 aromatic carbocycles. The first-order valence-electron chi connectivity index (χ1n) is 6.18. The Morgan fingerprint density at radius 1 is 0.833 bits per heavy atom. The largest absolute Gasteiger partial charge is 0.399 e. The second-order valence-corrected chi connectivity index (χ2v) is 4.81. The van der Waals surface area contributed by atoms with E-state index in [1.807, 2.05) is 20.0 Å². The van der Waals surface area contributed by atoms with E-state index >= 15 is 0 Å². The van der Waals surface area contributed by atoms with E-state index in [-0.39, 0.29) is 0 Å². The summed E-state index contributed by atoms with van der Waals surface area (Å²) >= 11 is 0. The third-order valence-electron chi connectivity index (χ3n) is 3.39. The maximum Gasteiger partial charge on any atom is 0.0397 e. The summed E-state index contributed by atoms with van der Waals surface area (Å²) < 4.78 is 0. The molecular formula is C16H20N2. The van der Waals surface area contributed by atoms with Gasteiger partial charge < -0.3 is 11.1 Å². The lowest BCUT2D eigenvalue weighted by Crippen LogP contribution is -1.96. The van der Waals surface area contributed by atoms with Crippen molar-refractivity contribution in [1.82, 2.24) is 0 Å². The Kier molecular flexibility index (Phi) is 3.28. The summed E-state index contributed by atoms with van der Waals surface area (Å²) in [6, 6.07) is 10.6. The molecule has 0 atom stereocenters. The lowest BCUT2D eigenvalue weighted by atomic mass is 9.97. The first kappa shape index (κ1) is 12.5. The van der Waals surface area contributed by atoms with Gasteiger partial charge >= 0.3 is 0 Å². The molecule has 2 nitrogen and oxygen atoms in total. The van der Waals surface area contributed by atoms with Crippen LogP contribution in [-0.4, -0.2) is 7.05 Å². The lowest BCUT2D eigenvalue weighted by Gasteiger charge is -2.13. The molecule has 0 saturated heterocycles. The van der Waals surface area contributed by atoms with Gasteiger partial charge in [-0.15, -0.1) is 0 Å². The highest BCUT2D eigenvalue weighted by atomic mass is 14.8. The molecule has 0 heterocycles. The van der Waals surface area contributed by atoms with Crippen LogP contribution in [0.15, 0.2) is 30.3 Å². The number of anilines is 2. The van der Waals surface area contributed by atoms with Crippen LogP contribution in [0.3, 0.4) is 0 Å². The first-order chi connectivity index (χ1) is 8.52. The molecule has 3 N–H and O–H groups in total. The zero-order valence-corrected chi connectivity index (χ0v) is 11.5. The minimum atomic E-state index is 0.846. The van der Waals surface area contributed by atoms with Gasteiger partial charge in [0, 0.05) is 18.4 Å². The van der Waals surface area contributed by atoms with Crippen molar-refractivity contribution >= 4 is 11.4 Å². The molecule has 0 unspecified atom stereocenters. The average molecular weight is 240 g/mol. The minimum Gasteiger partial charge on any atom is -0.399 e. The molecule has 0 aromatic heterocycles. The van der Waals surface area contributed by atoms with Crippen molar-refractivity contribution < 1.29 is 0 Å². The maximum atomic E-state index is 5.86. The monoisotopic (exact) mass is 240 g/mol. The fourth-order valence-electron chi connectivity index (χ4n) is 2.38. The quantitative estimate of drug-likeness (QED) is 0.781. The number of nitrogen functional groups attached to an aromatic ring is 1. The van der Waals surface area contributed by atoms with Gasteiger partial charge in [0.2, 0.25) is 0 Å². The van der Waals surface area contributed by atoms with Gasteiger partial charge in [0.25, 0.3) is 0 Å². The van der Waals surface area contributed by atoms with Crippen molar-refractivity contribution in [3.63, 3.8) is 0 Å². The molecule has 0 bridgehead atoms. The highest BCUT2D eigenvalue weighted by molar-refractivity contribution is 5.73. The topological polar surface area (TPSA) is 38.0 Å². The number of aryl methyl sites for hydroxylation is 3. The van der Waals surface area contributed by atoms with Gasteiger partial charge in [-0.05, 0) is 72.9 Å². The zero-order chi connectivity index (χ0) is 13.3. The van der Waals surface area contributed by atoms with Crippen molar-refractivity contribution in [2.75, 3.05) is 18.1 Å². The zero-order valence-electron chi connectivity index (χ0n) is 11.5. The maximum absolute atomic E-state index is 5.86. The van der Waals surface area contributed by atoms with Crippen LogP contribution in [0.5, 0.6) is 0 Å². The van der Waals surface area contributed by atoms with Gasteiger partial charge in [0.15, 0.2) is 0 Å². The Bertz CT molecular complexity index is 563. The van der Waals surface area contributed by atoms with E-state index in [0.29, 0.717) is 0 Å². The molecule has 0 aliphatic heterocycles. The van der Waals surface area contributed by atoms with E-state index in [9.17, 15) is 0 Å². The standard InChI is InChI=1S/C16H20N2/c1-10-7-13(5-6-15(10)17)14-8-11(2)16(18-4)12(3)9-14/h5-9,18H,17H2,1-4H3. The minimum absolute atomic E-state index is 0.846. The van der Waals surface area contributed by atoms with Gasteiger partial charge in [0.1, 0.15) is 0 Å². The molecule has 0 saturated carbocycles. The molecule has 0 aliphatic carbocycles. The van der Waals surface area contributed by atoms with Crippen LogP contribution < -0.4 is 11.1 Å². The smallest absolute Gasteiger partial charge is 0.0397 e. The molecule has 2 rings (SSSR count). The summed E-state index contributed by atoms with van der Waals surface area (Å²) in [6.45, 7) is 6.31. The predicted octanol–water partition coefficient (Wildman–Crippen LogP) is 3.90. The summed E-state index contributed by atoms with van der Waals surface area (Å²) in [5, 5.41) is 3.24. The normalized spacial score (nSPS) is 10.4. The molecule has 0 radical (unpaired) electrons. The number of rotatable bonds is 2. The molecule has 18 heavy (non-hydrogen) atoms. The van der Waals surface area contributed by atoms with Crippen molar-refractivity contribution in [2.45, 2.75) is 20.8 Å². The van der Waals surface area contributed by atoms with Gasteiger partial charge in [-0.3, -0.25) is 0 Å². The number of nitrogens with two attached hydrogens (primary N) is 1. The van der Waals surface area contributed by atoms with E-state index in [0.717, 1.165) is 11.3 Å². The van der Waals surface area contributed by atoms with E-state index < -0.39 is 0 Å². The van der Waals surface area contributed by atoms with Gasteiger partial charge in [0.05, 0.1) is 0 Å². The van der Waals surface area contributed by atoms with Crippen molar-refractivity contribution in [1.29, 1.82) is 0 Å². The van der Waals surface area contributed by atoms with Crippen LogP contribution in [0, 0.1) is 20.8 Å². The first-order valence-corrected chi connectivity index (χ1v) is 6.18. The number of nitrogens with one attached hydrogen (secondary N) is 1. The Morgan fingerprint density at radius 3 is 1.89 bits per heavy atom.